The summed E-state index contributed by atoms with van der Waals surface area (Å²) in [6.07, 6.45) is -3.67. The fourth-order valence-electron chi connectivity index (χ4n) is 0.886. The lowest BCUT2D eigenvalue weighted by atomic mass is 10.4. The number of hydrogen-bond acceptors (Lipinski definition) is 6. The minimum absolute atomic E-state index is 0.496. The van der Waals surface area contributed by atoms with Crippen LogP contribution in [0.25, 0.3) is 0 Å². The first-order chi connectivity index (χ1) is 7.31. The van der Waals surface area contributed by atoms with Gasteiger partial charge in [0.2, 0.25) is 11.6 Å². The van der Waals surface area contributed by atoms with Gasteiger partial charge in [0.25, 0.3) is 0 Å². The van der Waals surface area contributed by atoms with Crippen molar-refractivity contribution in [3.8, 4) is 0 Å². The van der Waals surface area contributed by atoms with Crippen LogP contribution in [0.2, 0.25) is 0 Å². The Morgan fingerprint density at radius 2 is 2.12 bits per heavy atom. The molecule has 10 heteroatoms. The number of nitro groups is 1. The van der Waals surface area contributed by atoms with E-state index in [9.17, 15) is 23.3 Å². The quantitative estimate of drug-likeness (QED) is 0.598. The third-order valence-electron chi connectivity index (χ3n) is 1.49. The molecule has 0 aliphatic carbocycles. The Morgan fingerprint density at radius 1 is 1.50 bits per heavy atom. The van der Waals surface area contributed by atoms with E-state index < -0.39 is 35.0 Å². The monoisotopic (exact) mass is 237 g/mol. The molecule has 0 bridgehead atoms. The smallest absolute Gasteiger partial charge is 0.378 e. The lowest BCUT2D eigenvalue weighted by Gasteiger charge is -2.08. The van der Waals surface area contributed by atoms with E-state index in [1.165, 1.54) is 0 Å². The molecule has 0 atom stereocenters. The molecule has 16 heavy (non-hydrogen) atoms. The molecule has 0 aliphatic heterocycles. The minimum Gasteiger partial charge on any atom is -0.378 e. The zero-order valence-corrected chi connectivity index (χ0v) is 7.65. The number of nitrogens with two attached hydrogens (primary N) is 1. The van der Waals surface area contributed by atoms with Gasteiger partial charge in [-0.15, -0.1) is 0 Å². The minimum atomic E-state index is -4.51. The summed E-state index contributed by atoms with van der Waals surface area (Å²) in [6, 6.07) is 0. The third kappa shape index (κ3) is 2.93. The Hall–Kier alpha value is -2.13. The molecule has 0 unspecified atom stereocenters. The second kappa shape index (κ2) is 4.16. The highest BCUT2D eigenvalue weighted by molar-refractivity contribution is 5.67. The highest BCUT2D eigenvalue weighted by atomic mass is 19.4. The molecule has 0 radical (unpaired) electrons. The van der Waals surface area contributed by atoms with Gasteiger partial charge in [0, 0.05) is 0 Å². The maximum Gasteiger partial charge on any atom is 0.405 e. The van der Waals surface area contributed by atoms with Gasteiger partial charge in [0.05, 0.1) is 4.92 Å². The molecule has 0 saturated carbocycles. The van der Waals surface area contributed by atoms with Crippen LogP contribution in [0.15, 0.2) is 6.33 Å². The predicted octanol–water partition coefficient (Wildman–Crippen LogP) is 0.941. The van der Waals surface area contributed by atoms with Crippen LogP contribution < -0.4 is 11.1 Å². The first kappa shape index (κ1) is 11.9. The summed E-state index contributed by atoms with van der Waals surface area (Å²) in [5, 5.41) is 12.3. The molecular weight excluding hydrogens is 231 g/mol. The van der Waals surface area contributed by atoms with Gasteiger partial charge in [-0.25, -0.2) is 9.97 Å². The summed E-state index contributed by atoms with van der Waals surface area (Å²) in [6.45, 7) is -1.44. The lowest BCUT2D eigenvalue weighted by Crippen LogP contribution is -2.22. The van der Waals surface area contributed by atoms with E-state index >= 15 is 0 Å². The molecule has 1 aromatic heterocycles. The number of hydrogen-bond donors (Lipinski definition) is 2. The summed E-state index contributed by atoms with van der Waals surface area (Å²) in [7, 11) is 0. The van der Waals surface area contributed by atoms with Crippen LogP contribution in [-0.2, 0) is 0 Å². The Morgan fingerprint density at radius 3 is 2.62 bits per heavy atom. The van der Waals surface area contributed by atoms with Crippen molar-refractivity contribution in [3.05, 3.63) is 16.4 Å². The van der Waals surface area contributed by atoms with Crippen LogP contribution in [0.5, 0.6) is 0 Å². The van der Waals surface area contributed by atoms with Gasteiger partial charge in [-0.2, -0.15) is 13.2 Å². The van der Waals surface area contributed by atoms with Crippen molar-refractivity contribution in [1.29, 1.82) is 0 Å². The van der Waals surface area contributed by atoms with Crippen LogP contribution >= 0.6 is 0 Å². The Bertz CT molecular complexity index is 408. The van der Waals surface area contributed by atoms with Crippen molar-refractivity contribution in [2.24, 2.45) is 0 Å². The first-order valence-corrected chi connectivity index (χ1v) is 3.87. The van der Waals surface area contributed by atoms with E-state index in [2.05, 4.69) is 9.97 Å². The fraction of sp³-hybridized carbons (Fsp3) is 0.333. The third-order valence-corrected chi connectivity index (χ3v) is 1.49. The number of halogens is 3. The van der Waals surface area contributed by atoms with Crippen molar-refractivity contribution in [3.63, 3.8) is 0 Å². The standard InChI is InChI=1S/C6H6F3N5O2/c7-6(8,9)1-11-5-3(14(15)16)4(10)12-2-13-5/h2H,1H2,(H3,10,11,12,13). The number of nitrogen functional groups attached to an aromatic ring is 1. The average Bonchev–Trinajstić information content (AvgIpc) is 2.12. The van der Waals surface area contributed by atoms with Gasteiger partial charge < -0.3 is 11.1 Å². The number of nitrogens with one attached hydrogen (secondary N) is 1. The normalized spacial score (nSPS) is 11.2. The van der Waals surface area contributed by atoms with Crippen LogP contribution in [0, 0.1) is 10.1 Å². The van der Waals surface area contributed by atoms with Gasteiger partial charge in [-0.1, -0.05) is 0 Å². The van der Waals surface area contributed by atoms with E-state index in [0.29, 0.717) is 0 Å². The summed E-state index contributed by atoms with van der Waals surface area (Å²) >= 11 is 0. The summed E-state index contributed by atoms with van der Waals surface area (Å²) in [5.74, 6) is -1.06. The van der Waals surface area contributed by atoms with Gasteiger partial charge in [0.1, 0.15) is 12.9 Å². The van der Waals surface area contributed by atoms with Crippen LogP contribution in [0.1, 0.15) is 0 Å². The molecule has 88 valence electrons. The molecular formula is C6H6F3N5O2. The molecule has 0 aromatic carbocycles. The maximum atomic E-state index is 11.9. The zero-order chi connectivity index (χ0) is 12.3. The van der Waals surface area contributed by atoms with Crippen molar-refractivity contribution < 1.29 is 18.1 Å². The van der Waals surface area contributed by atoms with E-state index in [0.717, 1.165) is 6.33 Å². The Labute approximate surface area is 86.6 Å². The summed E-state index contributed by atoms with van der Waals surface area (Å²) in [4.78, 5) is 16.2. The Balaban J connectivity index is 2.96. The fourth-order valence-corrected chi connectivity index (χ4v) is 0.886. The van der Waals surface area contributed by atoms with E-state index in [4.69, 9.17) is 5.73 Å². The molecule has 1 rings (SSSR count). The number of anilines is 2. The second-order valence-electron chi connectivity index (χ2n) is 2.68. The summed E-state index contributed by atoms with van der Waals surface area (Å²) in [5.41, 5.74) is 4.38. The van der Waals surface area contributed by atoms with Crippen molar-refractivity contribution in [2.45, 2.75) is 6.18 Å². The Kier molecular flexibility index (Phi) is 3.11. The predicted molar refractivity (Wildman–Crippen MR) is 47.6 cm³/mol. The molecule has 7 nitrogen and oxygen atoms in total. The highest BCUT2D eigenvalue weighted by Gasteiger charge is 2.29. The number of nitrogens with zero attached hydrogens (tertiary/aromatic N) is 3. The van der Waals surface area contributed by atoms with Crippen LogP contribution in [-0.4, -0.2) is 27.6 Å². The molecule has 0 spiro atoms. The summed E-state index contributed by atoms with van der Waals surface area (Å²) < 4.78 is 35.6. The topological polar surface area (TPSA) is 107 Å². The largest absolute Gasteiger partial charge is 0.405 e. The van der Waals surface area contributed by atoms with Crippen molar-refractivity contribution in [1.82, 2.24) is 9.97 Å². The van der Waals surface area contributed by atoms with E-state index in [1.807, 2.05) is 0 Å². The van der Waals surface area contributed by atoms with E-state index in [-0.39, 0.29) is 0 Å². The molecule has 0 saturated heterocycles. The maximum absolute atomic E-state index is 11.9. The van der Waals surface area contributed by atoms with Crippen LogP contribution in [0.3, 0.4) is 0 Å². The number of alkyl halides is 3. The average molecular weight is 237 g/mol. The van der Waals surface area contributed by atoms with Crippen molar-refractivity contribution >= 4 is 17.3 Å². The highest BCUT2D eigenvalue weighted by Crippen LogP contribution is 2.27. The second-order valence-corrected chi connectivity index (χ2v) is 2.68. The molecule has 0 aliphatic rings. The van der Waals surface area contributed by atoms with Crippen LogP contribution in [0.4, 0.5) is 30.5 Å². The molecule has 0 fully saturated rings. The molecule has 1 aromatic rings. The molecule has 3 N–H and O–H groups in total. The first-order valence-electron chi connectivity index (χ1n) is 3.87. The van der Waals surface area contributed by atoms with Gasteiger partial charge >= 0.3 is 11.9 Å². The molecule has 1 heterocycles. The van der Waals surface area contributed by atoms with Crippen molar-refractivity contribution in [2.75, 3.05) is 17.6 Å². The number of aromatic nitrogens is 2. The zero-order valence-electron chi connectivity index (χ0n) is 7.65. The SMILES string of the molecule is Nc1ncnc(NCC(F)(F)F)c1[N+](=O)[O-]. The van der Waals surface area contributed by atoms with Gasteiger partial charge in [0.15, 0.2) is 0 Å². The van der Waals surface area contributed by atoms with Gasteiger partial charge in [-0.05, 0) is 0 Å². The van der Waals surface area contributed by atoms with E-state index in [1.54, 1.807) is 5.32 Å². The van der Waals surface area contributed by atoms with Gasteiger partial charge in [-0.3, -0.25) is 10.1 Å². The molecule has 0 amide bonds. The lowest BCUT2D eigenvalue weighted by molar-refractivity contribution is -0.383. The number of rotatable bonds is 3.